The standard InChI is InChI=1S/C15H16N4S/c1-2-4-12(5-3-1)14-7-6-13(20-14)10-16-9-8-15-17-11-18-19-15/h1-7,11,16H,8-10H2,(H,17,18,19). The summed E-state index contributed by atoms with van der Waals surface area (Å²) in [6.45, 7) is 1.79. The molecule has 2 N–H and O–H groups in total. The fourth-order valence-corrected chi connectivity index (χ4v) is 2.98. The van der Waals surface area contributed by atoms with Gasteiger partial charge in [0.25, 0.3) is 0 Å². The van der Waals surface area contributed by atoms with Gasteiger partial charge in [0.2, 0.25) is 0 Å². The van der Waals surface area contributed by atoms with Crippen LogP contribution in [0.25, 0.3) is 10.4 Å². The number of nitrogens with zero attached hydrogens (tertiary/aromatic N) is 2. The molecule has 0 aliphatic heterocycles. The summed E-state index contributed by atoms with van der Waals surface area (Å²) in [6.07, 6.45) is 2.41. The van der Waals surface area contributed by atoms with E-state index in [1.54, 1.807) is 6.33 Å². The van der Waals surface area contributed by atoms with Crippen LogP contribution in [0.2, 0.25) is 0 Å². The molecule has 4 nitrogen and oxygen atoms in total. The van der Waals surface area contributed by atoms with Crippen molar-refractivity contribution in [3.63, 3.8) is 0 Å². The third-order valence-corrected chi connectivity index (χ3v) is 4.16. The fourth-order valence-electron chi connectivity index (χ4n) is 2.00. The second-order valence-electron chi connectivity index (χ2n) is 4.49. The summed E-state index contributed by atoms with van der Waals surface area (Å²) < 4.78 is 0. The molecule has 0 fully saturated rings. The topological polar surface area (TPSA) is 53.6 Å². The van der Waals surface area contributed by atoms with E-state index in [4.69, 9.17) is 0 Å². The van der Waals surface area contributed by atoms with E-state index in [-0.39, 0.29) is 0 Å². The van der Waals surface area contributed by atoms with Crippen LogP contribution >= 0.6 is 11.3 Å². The third-order valence-electron chi connectivity index (χ3n) is 3.02. The molecular formula is C15H16N4S. The summed E-state index contributed by atoms with van der Waals surface area (Å²) in [6, 6.07) is 14.9. The monoisotopic (exact) mass is 284 g/mol. The lowest BCUT2D eigenvalue weighted by Crippen LogP contribution is -2.16. The van der Waals surface area contributed by atoms with Crippen molar-refractivity contribution in [1.82, 2.24) is 20.5 Å². The summed E-state index contributed by atoms with van der Waals surface area (Å²) in [5, 5.41) is 10.1. The molecule has 102 valence electrons. The average Bonchev–Trinajstić information content (AvgIpc) is 3.16. The summed E-state index contributed by atoms with van der Waals surface area (Å²) in [5.74, 6) is 0.925. The highest BCUT2D eigenvalue weighted by Crippen LogP contribution is 2.27. The molecule has 0 amide bonds. The van der Waals surface area contributed by atoms with Gasteiger partial charge in [0, 0.05) is 29.3 Å². The molecule has 2 aromatic heterocycles. The second kappa shape index (κ2) is 6.45. The van der Waals surface area contributed by atoms with Crippen LogP contribution in [0, 0.1) is 0 Å². The Hall–Kier alpha value is -1.98. The zero-order valence-electron chi connectivity index (χ0n) is 11.0. The maximum atomic E-state index is 4.10. The number of aromatic amines is 1. The molecule has 0 aliphatic carbocycles. The Morgan fingerprint density at radius 3 is 2.80 bits per heavy atom. The molecule has 0 bridgehead atoms. The van der Waals surface area contributed by atoms with Crippen LogP contribution in [0.5, 0.6) is 0 Å². The van der Waals surface area contributed by atoms with E-state index in [9.17, 15) is 0 Å². The molecule has 3 aromatic rings. The molecule has 1 aromatic carbocycles. The molecule has 0 saturated carbocycles. The number of aromatic nitrogens is 3. The van der Waals surface area contributed by atoms with E-state index < -0.39 is 0 Å². The van der Waals surface area contributed by atoms with Crippen LogP contribution in [-0.4, -0.2) is 21.7 Å². The summed E-state index contributed by atoms with van der Waals surface area (Å²) in [5.41, 5.74) is 1.28. The Labute approximate surface area is 121 Å². The quantitative estimate of drug-likeness (QED) is 0.684. The van der Waals surface area contributed by atoms with Crippen molar-refractivity contribution in [1.29, 1.82) is 0 Å². The number of hydrogen-bond acceptors (Lipinski definition) is 4. The Bertz CT molecular complexity index is 631. The maximum Gasteiger partial charge on any atom is 0.137 e. The number of rotatable bonds is 6. The molecular weight excluding hydrogens is 268 g/mol. The predicted molar refractivity (Wildman–Crippen MR) is 81.5 cm³/mol. The van der Waals surface area contributed by atoms with Crippen molar-refractivity contribution in [2.24, 2.45) is 0 Å². The summed E-state index contributed by atoms with van der Waals surface area (Å²) in [7, 11) is 0. The van der Waals surface area contributed by atoms with Crippen molar-refractivity contribution in [2.75, 3.05) is 6.54 Å². The van der Waals surface area contributed by atoms with Gasteiger partial charge in [-0.1, -0.05) is 30.3 Å². The number of hydrogen-bond donors (Lipinski definition) is 2. The van der Waals surface area contributed by atoms with Gasteiger partial charge in [-0.2, -0.15) is 5.10 Å². The van der Waals surface area contributed by atoms with Crippen molar-refractivity contribution < 1.29 is 0 Å². The smallest absolute Gasteiger partial charge is 0.137 e. The molecule has 3 rings (SSSR count). The molecule has 5 heteroatoms. The van der Waals surface area contributed by atoms with Crippen molar-refractivity contribution in [2.45, 2.75) is 13.0 Å². The highest BCUT2D eigenvalue weighted by molar-refractivity contribution is 7.15. The molecule has 0 spiro atoms. The summed E-state index contributed by atoms with van der Waals surface area (Å²) in [4.78, 5) is 6.77. The molecule has 0 unspecified atom stereocenters. The van der Waals surface area contributed by atoms with Crippen molar-refractivity contribution in [3.8, 4) is 10.4 Å². The minimum absolute atomic E-state index is 0.872. The van der Waals surface area contributed by atoms with Gasteiger partial charge in [-0.15, -0.1) is 11.3 Å². The zero-order valence-corrected chi connectivity index (χ0v) is 11.9. The Morgan fingerprint density at radius 2 is 2.00 bits per heavy atom. The van der Waals surface area contributed by atoms with Gasteiger partial charge in [-0.05, 0) is 17.7 Å². The van der Waals surface area contributed by atoms with Crippen molar-refractivity contribution in [3.05, 3.63) is 59.5 Å². The lowest BCUT2D eigenvalue weighted by Gasteiger charge is -2.00. The van der Waals surface area contributed by atoms with E-state index in [0.717, 1.165) is 25.3 Å². The van der Waals surface area contributed by atoms with Crippen molar-refractivity contribution >= 4 is 11.3 Å². The van der Waals surface area contributed by atoms with E-state index in [0.29, 0.717) is 0 Å². The lowest BCUT2D eigenvalue weighted by molar-refractivity contribution is 0.677. The Kier molecular flexibility index (Phi) is 4.20. The van der Waals surface area contributed by atoms with Gasteiger partial charge in [0.05, 0.1) is 0 Å². The van der Waals surface area contributed by atoms with Gasteiger partial charge in [0.15, 0.2) is 0 Å². The first-order chi connectivity index (χ1) is 9.92. The molecule has 0 atom stereocenters. The average molecular weight is 284 g/mol. The lowest BCUT2D eigenvalue weighted by atomic mass is 10.2. The van der Waals surface area contributed by atoms with Gasteiger partial charge < -0.3 is 5.32 Å². The van der Waals surface area contributed by atoms with Crippen LogP contribution in [0.4, 0.5) is 0 Å². The first-order valence-corrected chi connectivity index (χ1v) is 7.42. The molecule has 0 radical (unpaired) electrons. The zero-order chi connectivity index (χ0) is 13.6. The fraction of sp³-hybridized carbons (Fsp3) is 0.200. The number of H-pyrrole nitrogens is 1. The van der Waals surface area contributed by atoms with E-state index in [1.807, 2.05) is 17.4 Å². The first kappa shape index (κ1) is 13.0. The van der Waals surface area contributed by atoms with E-state index >= 15 is 0 Å². The highest BCUT2D eigenvalue weighted by Gasteiger charge is 2.02. The normalized spacial score (nSPS) is 10.8. The van der Waals surface area contributed by atoms with Crippen LogP contribution in [0.1, 0.15) is 10.7 Å². The van der Waals surface area contributed by atoms with Crippen LogP contribution in [0.3, 0.4) is 0 Å². The number of nitrogens with one attached hydrogen (secondary N) is 2. The van der Waals surface area contributed by atoms with Crippen LogP contribution in [0.15, 0.2) is 48.8 Å². The molecule has 20 heavy (non-hydrogen) atoms. The Morgan fingerprint density at radius 1 is 1.10 bits per heavy atom. The third kappa shape index (κ3) is 3.31. The van der Waals surface area contributed by atoms with E-state index in [2.05, 4.69) is 56.9 Å². The minimum atomic E-state index is 0.872. The number of thiophene rings is 1. The maximum absolute atomic E-state index is 4.10. The van der Waals surface area contributed by atoms with Gasteiger partial charge in [-0.25, -0.2) is 4.98 Å². The first-order valence-electron chi connectivity index (χ1n) is 6.61. The predicted octanol–water partition coefficient (Wildman–Crippen LogP) is 2.87. The SMILES string of the molecule is c1ccc(-c2ccc(CNCCc3ncn[nH]3)s2)cc1. The van der Waals surface area contributed by atoms with Gasteiger partial charge in [-0.3, -0.25) is 5.10 Å². The molecule has 2 heterocycles. The Balaban J connectivity index is 1.50. The highest BCUT2D eigenvalue weighted by atomic mass is 32.1. The summed E-state index contributed by atoms with van der Waals surface area (Å²) >= 11 is 1.84. The van der Waals surface area contributed by atoms with Crippen LogP contribution in [-0.2, 0) is 13.0 Å². The number of benzene rings is 1. The molecule has 0 saturated heterocycles. The van der Waals surface area contributed by atoms with E-state index in [1.165, 1.54) is 15.3 Å². The molecule has 0 aliphatic rings. The second-order valence-corrected chi connectivity index (χ2v) is 5.66. The largest absolute Gasteiger partial charge is 0.311 e. The van der Waals surface area contributed by atoms with Crippen LogP contribution < -0.4 is 5.32 Å². The van der Waals surface area contributed by atoms with Gasteiger partial charge in [0.1, 0.15) is 12.2 Å². The minimum Gasteiger partial charge on any atom is -0.311 e. The van der Waals surface area contributed by atoms with Gasteiger partial charge >= 0.3 is 0 Å².